The Labute approximate surface area is 290 Å². The maximum absolute atomic E-state index is 12.7. The summed E-state index contributed by atoms with van der Waals surface area (Å²) < 4.78 is 21.3. The normalized spacial score (nSPS) is 29.7. The van der Waals surface area contributed by atoms with Crippen molar-refractivity contribution in [2.24, 2.45) is 0 Å². The van der Waals surface area contributed by atoms with Gasteiger partial charge >= 0.3 is 0 Å². The minimum atomic E-state index is -1.62. The molecule has 2 aliphatic rings. The van der Waals surface area contributed by atoms with Crippen molar-refractivity contribution in [3.8, 4) is 0 Å². The lowest BCUT2D eigenvalue weighted by Crippen LogP contribution is -2.59. The standard InChI is InChI=1S/C30H55N5O15/c1-3-31-19(37)7-5-4-6-8-32-20(38)13-35(14-21(39)33-9-11-47-29-27(45)25(43)23(41)17(2)49-29)15-22(40)34-10-12-48-30-28(46)26(44)24(42)18(16-36)50-30/h17-18,23-30,36,41-46H,3-16H2,1-2H3,(H,31,37)(H,32,38)(H,33,39)(H,34,40)/t17-,18+,23+,24+,25+,26-,27-,28+,29+,30-/m0/s1. The molecule has 11 N–H and O–H groups in total. The minimum Gasteiger partial charge on any atom is -0.394 e. The van der Waals surface area contributed by atoms with E-state index in [2.05, 4.69) is 21.3 Å². The van der Waals surface area contributed by atoms with Crippen molar-refractivity contribution in [2.45, 2.75) is 101 Å². The van der Waals surface area contributed by atoms with Gasteiger partial charge in [0.2, 0.25) is 23.6 Å². The van der Waals surface area contributed by atoms with Crippen LogP contribution >= 0.6 is 0 Å². The highest BCUT2D eigenvalue weighted by Crippen LogP contribution is 2.22. The summed E-state index contributed by atoms with van der Waals surface area (Å²) in [5.41, 5.74) is 0. The van der Waals surface area contributed by atoms with Gasteiger partial charge in [-0.15, -0.1) is 0 Å². The van der Waals surface area contributed by atoms with Gasteiger partial charge in [-0.2, -0.15) is 0 Å². The first-order valence-electron chi connectivity index (χ1n) is 16.8. The molecular formula is C30H55N5O15. The average Bonchev–Trinajstić information content (AvgIpc) is 3.07. The number of nitrogens with zero attached hydrogens (tertiary/aromatic N) is 1. The molecule has 0 unspecified atom stereocenters. The maximum atomic E-state index is 12.7. The van der Waals surface area contributed by atoms with E-state index in [1.54, 1.807) is 0 Å². The van der Waals surface area contributed by atoms with E-state index in [0.717, 1.165) is 0 Å². The number of hydrogen-bond acceptors (Lipinski definition) is 16. The molecule has 2 fully saturated rings. The van der Waals surface area contributed by atoms with Crippen molar-refractivity contribution in [3.63, 3.8) is 0 Å². The average molecular weight is 726 g/mol. The molecule has 2 aliphatic heterocycles. The van der Waals surface area contributed by atoms with Gasteiger partial charge in [0, 0.05) is 32.6 Å². The Morgan fingerprint density at radius 2 is 1.12 bits per heavy atom. The van der Waals surface area contributed by atoms with E-state index in [0.29, 0.717) is 38.8 Å². The molecule has 0 radical (unpaired) electrons. The number of rotatable bonds is 22. The van der Waals surface area contributed by atoms with Gasteiger partial charge in [0.15, 0.2) is 12.6 Å². The molecule has 0 saturated carbocycles. The summed E-state index contributed by atoms with van der Waals surface area (Å²) in [5, 5.41) is 79.5. The summed E-state index contributed by atoms with van der Waals surface area (Å²) in [6.45, 7) is 2.09. The second kappa shape index (κ2) is 23.1. The van der Waals surface area contributed by atoms with Gasteiger partial charge in [-0.25, -0.2) is 0 Å². The van der Waals surface area contributed by atoms with Gasteiger partial charge in [-0.3, -0.25) is 24.1 Å². The summed E-state index contributed by atoms with van der Waals surface area (Å²) in [6.07, 6.45) is -11.2. The molecule has 10 atom stereocenters. The largest absolute Gasteiger partial charge is 0.394 e. The van der Waals surface area contributed by atoms with Crippen molar-refractivity contribution in [3.05, 3.63) is 0 Å². The summed E-state index contributed by atoms with van der Waals surface area (Å²) >= 11 is 0. The minimum absolute atomic E-state index is 0.0381. The number of aliphatic hydroxyl groups excluding tert-OH is 7. The molecule has 0 aromatic rings. The highest BCUT2D eigenvalue weighted by atomic mass is 16.7. The van der Waals surface area contributed by atoms with Crippen LogP contribution in [-0.2, 0) is 38.1 Å². The van der Waals surface area contributed by atoms with Gasteiger partial charge in [-0.05, 0) is 26.7 Å². The molecule has 2 heterocycles. The van der Waals surface area contributed by atoms with E-state index in [4.69, 9.17) is 18.9 Å². The molecule has 50 heavy (non-hydrogen) atoms. The number of amides is 4. The zero-order chi connectivity index (χ0) is 37.2. The quantitative estimate of drug-likeness (QED) is 0.0463. The van der Waals surface area contributed by atoms with Crippen LogP contribution in [0.15, 0.2) is 0 Å². The Morgan fingerprint density at radius 1 is 0.620 bits per heavy atom. The summed E-state index contributed by atoms with van der Waals surface area (Å²) in [5.74, 6) is -1.61. The lowest BCUT2D eigenvalue weighted by atomic mass is 9.99. The van der Waals surface area contributed by atoms with E-state index in [9.17, 15) is 54.9 Å². The third-order valence-corrected chi connectivity index (χ3v) is 7.95. The molecule has 20 nitrogen and oxygen atoms in total. The SMILES string of the molecule is CCNC(=O)CCCCCNC(=O)CN(CC(=O)NCCO[C@@H]1O[C@@H](C)[C@@H](O)[C@@H](O)[C@@H]1O)CC(=O)NCCO[C@H]1O[C@H](CO)[C@@H](O)[C@H](O)[C@H]1O. The molecule has 20 heteroatoms. The summed E-state index contributed by atoms with van der Waals surface area (Å²) in [7, 11) is 0. The number of aliphatic hydroxyl groups is 7. The third-order valence-electron chi connectivity index (χ3n) is 7.95. The molecule has 2 saturated heterocycles. The van der Waals surface area contributed by atoms with Crippen molar-refractivity contribution < 1.29 is 73.9 Å². The first-order chi connectivity index (χ1) is 23.8. The first-order valence-corrected chi connectivity index (χ1v) is 16.8. The molecule has 290 valence electrons. The van der Waals surface area contributed by atoms with Crippen LogP contribution in [0.25, 0.3) is 0 Å². The van der Waals surface area contributed by atoms with Crippen LogP contribution in [0.2, 0.25) is 0 Å². The maximum Gasteiger partial charge on any atom is 0.234 e. The fourth-order valence-electron chi connectivity index (χ4n) is 5.13. The third kappa shape index (κ3) is 14.9. The molecule has 0 spiro atoms. The number of carbonyl (C=O) groups is 4. The van der Waals surface area contributed by atoms with Crippen molar-refractivity contribution >= 4 is 23.6 Å². The molecule has 0 bridgehead atoms. The number of ether oxygens (including phenoxy) is 4. The van der Waals surface area contributed by atoms with E-state index in [1.165, 1.54) is 11.8 Å². The molecule has 0 aromatic carbocycles. The molecule has 0 aliphatic carbocycles. The van der Waals surface area contributed by atoms with E-state index < -0.39 is 85.7 Å². The second-order valence-electron chi connectivity index (χ2n) is 12.1. The molecule has 0 aromatic heterocycles. The highest BCUT2D eigenvalue weighted by molar-refractivity contribution is 5.84. The topological polar surface area (TPSA) is 298 Å². The summed E-state index contributed by atoms with van der Waals surface area (Å²) in [6, 6.07) is 0. The van der Waals surface area contributed by atoms with Crippen molar-refractivity contribution in [2.75, 3.05) is 65.6 Å². The Balaban J connectivity index is 1.82. The number of nitrogens with one attached hydrogen (secondary N) is 4. The number of hydrogen-bond donors (Lipinski definition) is 11. The fraction of sp³-hybridized carbons (Fsp3) is 0.867. The first kappa shape index (κ1) is 43.6. The lowest BCUT2D eigenvalue weighted by Gasteiger charge is -2.39. The van der Waals surface area contributed by atoms with Crippen LogP contribution in [0.4, 0.5) is 0 Å². The van der Waals surface area contributed by atoms with Gasteiger partial charge < -0.3 is 76.0 Å². The predicted molar refractivity (Wildman–Crippen MR) is 171 cm³/mol. The van der Waals surface area contributed by atoms with E-state index in [1.807, 2.05) is 6.92 Å². The number of carbonyl (C=O) groups excluding carboxylic acids is 4. The Hall–Kier alpha value is -2.60. The van der Waals surface area contributed by atoms with Gasteiger partial charge in [0.25, 0.3) is 0 Å². The van der Waals surface area contributed by atoms with Gasteiger partial charge in [0.05, 0.1) is 45.6 Å². The van der Waals surface area contributed by atoms with E-state index >= 15 is 0 Å². The highest BCUT2D eigenvalue weighted by Gasteiger charge is 2.44. The van der Waals surface area contributed by atoms with Crippen LogP contribution in [0.5, 0.6) is 0 Å². The summed E-state index contributed by atoms with van der Waals surface area (Å²) in [4.78, 5) is 50.9. The molecule has 2 rings (SSSR count). The predicted octanol–water partition coefficient (Wildman–Crippen LogP) is -6.01. The Bertz CT molecular complexity index is 1040. The monoisotopic (exact) mass is 725 g/mol. The van der Waals surface area contributed by atoms with Crippen molar-refractivity contribution in [1.82, 2.24) is 26.2 Å². The lowest BCUT2D eigenvalue weighted by molar-refractivity contribution is -0.300. The molecule has 4 amide bonds. The fourth-order valence-corrected chi connectivity index (χ4v) is 5.13. The zero-order valence-electron chi connectivity index (χ0n) is 28.5. The van der Waals surface area contributed by atoms with Gasteiger partial charge in [0.1, 0.15) is 42.7 Å². The Morgan fingerprint density at radius 3 is 1.64 bits per heavy atom. The van der Waals surface area contributed by atoms with E-state index in [-0.39, 0.29) is 51.8 Å². The smallest absolute Gasteiger partial charge is 0.234 e. The number of unbranched alkanes of at least 4 members (excludes halogenated alkanes) is 2. The zero-order valence-corrected chi connectivity index (χ0v) is 28.5. The Kier molecular flexibility index (Phi) is 20.1. The second-order valence-corrected chi connectivity index (χ2v) is 12.1. The van der Waals surface area contributed by atoms with Crippen LogP contribution < -0.4 is 21.3 Å². The van der Waals surface area contributed by atoms with Crippen LogP contribution in [-0.4, -0.2) is 191 Å². The van der Waals surface area contributed by atoms with Crippen LogP contribution in [0.1, 0.15) is 39.5 Å². The molecular weight excluding hydrogens is 670 g/mol. The van der Waals surface area contributed by atoms with Crippen molar-refractivity contribution in [1.29, 1.82) is 0 Å². The van der Waals surface area contributed by atoms with Crippen LogP contribution in [0, 0.1) is 0 Å². The van der Waals surface area contributed by atoms with Crippen LogP contribution in [0.3, 0.4) is 0 Å². The van der Waals surface area contributed by atoms with Gasteiger partial charge in [-0.1, -0.05) is 6.42 Å².